The van der Waals surface area contributed by atoms with Crippen LogP contribution in [-0.4, -0.2) is 24.9 Å². The summed E-state index contributed by atoms with van der Waals surface area (Å²) < 4.78 is 24.1. The van der Waals surface area contributed by atoms with E-state index in [1.807, 2.05) is 6.92 Å². The summed E-state index contributed by atoms with van der Waals surface area (Å²) >= 11 is 0. The molecule has 1 saturated carbocycles. The summed E-state index contributed by atoms with van der Waals surface area (Å²) in [6.07, 6.45) is 0.993. The standard InChI is InChI=1S/C14H19FO3/c1-3-18-14(9-4-5-9)13(16)11-8-10(15)6-7-12(11)17-2/h6-9,13-14,16H,3-5H2,1-2H3. The number of ether oxygens (including phenoxy) is 2. The highest BCUT2D eigenvalue weighted by atomic mass is 19.1. The van der Waals surface area contributed by atoms with Crippen LogP contribution in [0.25, 0.3) is 0 Å². The number of benzene rings is 1. The fourth-order valence-corrected chi connectivity index (χ4v) is 2.22. The van der Waals surface area contributed by atoms with Gasteiger partial charge in [0.15, 0.2) is 0 Å². The van der Waals surface area contributed by atoms with Crippen molar-refractivity contribution in [2.45, 2.75) is 32.0 Å². The third kappa shape index (κ3) is 2.82. The highest BCUT2D eigenvalue weighted by molar-refractivity contribution is 5.36. The molecule has 0 aromatic heterocycles. The van der Waals surface area contributed by atoms with Gasteiger partial charge >= 0.3 is 0 Å². The van der Waals surface area contributed by atoms with Gasteiger partial charge in [-0.25, -0.2) is 4.39 Å². The van der Waals surface area contributed by atoms with Gasteiger partial charge in [-0.1, -0.05) is 0 Å². The Labute approximate surface area is 107 Å². The Morgan fingerprint density at radius 1 is 1.44 bits per heavy atom. The van der Waals surface area contributed by atoms with E-state index >= 15 is 0 Å². The van der Waals surface area contributed by atoms with Gasteiger partial charge in [0.2, 0.25) is 0 Å². The molecule has 18 heavy (non-hydrogen) atoms. The lowest BCUT2D eigenvalue weighted by atomic mass is 10.00. The molecule has 0 radical (unpaired) electrons. The second-order valence-electron chi connectivity index (χ2n) is 4.59. The van der Waals surface area contributed by atoms with E-state index in [9.17, 15) is 9.50 Å². The average Bonchev–Trinajstić information content (AvgIpc) is 3.19. The summed E-state index contributed by atoms with van der Waals surface area (Å²) in [6, 6.07) is 4.17. The summed E-state index contributed by atoms with van der Waals surface area (Å²) in [5.74, 6) is 0.484. The Balaban J connectivity index is 2.24. The predicted molar refractivity (Wildman–Crippen MR) is 66.0 cm³/mol. The smallest absolute Gasteiger partial charge is 0.124 e. The van der Waals surface area contributed by atoms with Crippen LogP contribution in [-0.2, 0) is 4.74 Å². The molecule has 4 heteroatoms. The zero-order chi connectivity index (χ0) is 13.1. The molecular formula is C14H19FO3. The maximum atomic E-state index is 13.3. The van der Waals surface area contributed by atoms with Gasteiger partial charge in [0.25, 0.3) is 0 Å². The molecule has 2 rings (SSSR count). The number of halogens is 1. The van der Waals surface area contributed by atoms with E-state index in [4.69, 9.17) is 9.47 Å². The van der Waals surface area contributed by atoms with E-state index in [-0.39, 0.29) is 11.9 Å². The first kappa shape index (κ1) is 13.3. The molecule has 0 spiro atoms. The number of rotatable bonds is 6. The molecule has 1 aliphatic carbocycles. The first-order valence-electron chi connectivity index (χ1n) is 6.30. The molecule has 2 atom stereocenters. The highest BCUT2D eigenvalue weighted by Crippen LogP contribution is 2.41. The van der Waals surface area contributed by atoms with Gasteiger partial charge in [-0.15, -0.1) is 0 Å². The molecule has 1 aromatic rings. The van der Waals surface area contributed by atoms with Crippen molar-refractivity contribution < 1.29 is 19.0 Å². The van der Waals surface area contributed by atoms with Crippen LogP contribution in [0.5, 0.6) is 5.75 Å². The van der Waals surface area contributed by atoms with Gasteiger partial charge in [0.05, 0.1) is 13.2 Å². The molecule has 1 N–H and O–H groups in total. The Morgan fingerprint density at radius 3 is 2.72 bits per heavy atom. The van der Waals surface area contributed by atoms with Crippen LogP contribution >= 0.6 is 0 Å². The molecule has 1 fully saturated rings. The first-order valence-corrected chi connectivity index (χ1v) is 6.30. The largest absolute Gasteiger partial charge is 0.496 e. The van der Waals surface area contributed by atoms with Crippen LogP contribution in [0.4, 0.5) is 4.39 Å². The summed E-state index contributed by atoms with van der Waals surface area (Å²) in [5, 5.41) is 10.4. The maximum absolute atomic E-state index is 13.3. The Kier molecular flexibility index (Phi) is 4.19. The van der Waals surface area contributed by atoms with Crippen molar-refractivity contribution in [2.24, 2.45) is 5.92 Å². The summed E-state index contributed by atoms with van der Waals surface area (Å²) in [6.45, 7) is 2.43. The zero-order valence-corrected chi connectivity index (χ0v) is 10.7. The van der Waals surface area contributed by atoms with E-state index in [1.54, 1.807) is 0 Å². The second kappa shape index (κ2) is 5.67. The molecule has 100 valence electrons. The molecule has 0 bridgehead atoms. The number of aliphatic hydroxyl groups is 1. The van der Waals surface area contributed by atoms with Crippen molar-refractivity contribution in [3.8, 4) is 5.75 Å². The monoisotopic (exact) mass is 254 g/mol. The number of hydrogen-bond acceptors (Lipinski definition) is 3. The summed E-state index contributed by atoms with van der Waals surface area (Å²) in [4.78, 5) is 0. The van der Waals surface area contributed by atoms with E-state index in [2.05, 4.69) is 0 Å². The fourth-order valence-electron chi connectivity index (χ4n) is 2.22. The lowest BCUT2D eigenvalue weighted by Crippen LogP contribution is -2.25. The van der Waals surface area contributed by atoms with Gasteiger partial charge < -0.3 is 14.6 Å². The summed E-state index contributed by atoms with van der Waals surface area (Å²) in [7, 11) is 1.51. The van der Waals surface area contributed by atoms with Crippen molar-refractivity contribution in [3.05, 3.63) is 29.6 Å². The van der Waals surface area contributed by atoms with Crippen molar-refractivity contribution in [1.29, 1.82) is 0 Å². The predicted octanol–water partition coefficient (Wildman–Crippen LogP) is 2.68. The summed E-state index contributed by atoms with van der Waals surface area (Å²) in [5.41, 5.74) is 0.461. The Morgan fingerprint density at radius 2 is 2.17 bits per heavy atom. The van der Waals surface area contributed by atoms with Crippen LogP contribution < -0.4 is 4.74 Å². The van der Waals surface area contributed by atoms with Gasteiger partial charge in [0.1, 0.15) is 17.7 Å². The lowest BCUT2D eigenvalue weighted by molar-refractivity contribution is -0.0470. The van der Waals surface area contributed by atoms with Gasteiger partial charge in [-0.2, -0.15) is 0 Å². The SMILES string of the molecule is CCOC(C1CC1)C(O)c1cc(F)ccc1OC. The van der Waals surface area contributed by atoms with Crippen LogP contribution in [0.15, 0.2) is 18.2 Å². The highest BCUT2D eigenvalue weighted by Gasteiger charge is 2.38. The number of hydrogen-bond donors (Lipinski definition) is 1. The minimum atomic E-state index is -0.844. The van der Waals surface area contributed by atoms with E-state index in [0.29, 0.717) is 23.8 Å². The second-order valence-corrected chi connectivity index (χ2v) is 4.59. The van der Waals surface area contributed by atoms with Crippen molar-refractivity contribution in [2.75, 3.05) is 13.7 Å². The van der Waals surface area contributed by atoms with Crippen LogP contribution in [0.1, 0.15) is 31.4 Å². The third-order valence-electron chi connectivity index (χ3n) is 3.27. The van der Waals surface area contributed by atoms with Crippen molar-refractivity contribution in [1.82, 2.24) is 0 Å². The average molecular weight is 254 g/mol. The number of methoxy groups -OCH3 is 1. The Hall–Kier alpha value is -1.13. The molecule has 0 saturated heterocycles. The molecule has 0 amide bonds. The molecule has 0 heterocycles. The van der Waals surface area contributed by atoms with Crippen LogP contribution in [0.2, 0.25) is 0 Å². The van der Waals surface area contributed by atoms with Crippen molar-refractivity contribution in [3.63, 3.8) is 0 Å². The fraction of sp³-hybridized carbons (Fsp3) is 0.571. The molecule has 1 aliphatic rings. The van der Waals surface area contributed by atoms with Crippen LogP contribution in [0, 0.1) is 11.7 Å². The molecule has 2 unspecified atom stereocenters. The van der Waals surface area contributed by atoms with E-state index < -0.39 is 6.10 Å². The van der Waals surface area contributed by atoms with Crippen LogP contribution in [0.3, 0.4) is 0 Å². The third-order valence-corrected chi connectivity index (χ3v) is 3.27. The van der Waals surface area contributed by atoms with Crippen molar-refractivity contribution >= 4 is 0 Å². The minimum absolute atomic E-state index is 0.273. The molecular weight excluding hydrogens is 235 g/mol. The topological polar surface area (TPSA) is 38.7 Å². The molecule has 3 nitrogen and oxygen atoms in total. The normalized spacial score (nSPS) is 18.4. The molecule has 1 aromatic carbocycles. The van der Waals surface area contributed by atoms with Gasteiger partial charge in [0, 0.05) is 12.2 Å². The Bertz CT molecular complexity index is 404. The number of aliphatic hydroxyl groups excluding tert-OH is 1. The minimum Gasteiger partial charge on any atom is -0.496 e. The van der Waals surface area contributed by atoms with E-state index in [1.165, 1.54) is 25.3 Å². The van der Waals surface area contributed by atoms with Gasteiger partial charge in [-0.3, -0.25) is 0 Å². The lowest BCUT2D eigenvalue weighted by Gasteiger charge is -2.24. The quantitative estimate of drug-likeness (QED) is 0.848. The maximum Gasteiger partial charge on any atom is 0.124 e. The first-order chi connectivity index (χ1) is 8.67. The van der Waals surface area contributed by atoms with Gasteiger partial charge in [-0.05, 0) is 43.9 Å². The molecule has 0 aliphatic heterocycles. The van der Waals surface area contributed by atoms with E-state index in [0.717, 1.165) is 12.8 Å². The zero-order valence-electron chi connectivity index (χ0n) is 10.7.